The van der Waals surface area contributed by atoms with Gasteiger partial charge in [0.05, 0.1) is 30.9 Å². The Morgan fingerprint density at radius 3 is 2.58 bits per heavy atom. The molecular weight excluding hydrogens is 417 g/mol. The minimum Gasteiger partial charge on any atom is -0.495 e. The van der Waals surface area contributed by atoms with E-state index in [1.807, 2.05) is 66.3 Å². The Hall–Kier alpha value is -4.00. The number of pyridine rings is 1. The number of benzene rings is 2. The Morgan fingerprint density at radius 2 is 1.88 bits per heavy atom. The zero-order valence-electron chi connectivity index (χ0n) is 18.7. The number of hydrogen-bond acceptors (Lipinski definition) is 4. The molecule has 33 heavy (non-hydrogen) atoms. The van der Waals surface area contributed by atoms with E-state index in [1.54, 1.807) is 13.4 Å². The van der Waals surface area contributed by atoms with Gasteiger partial charge in [0.25, 0.3) is 0 Å². The van der Waals surface area contributed by atoms with E-state index in [4.69, 9.17) is 4.74 Å². The molecule has 0 fully saturated rings. The lowest BCUT2D eigenvalue weighted by Gasteiger charge is -2.22. The van der Waals surface area contributed by atoms with E-state index in [0.29, 0.717) is 0 Å². The lowest BCUT2D eigenvalue weighted by molar-refractivity contribution is 0.413. The zero-order valence-corrected chi connectivity index (χ0v) is 18.7. The van der Waals surface area contributed by atoms with Gasteiger partial charge in [-0.3, -0.25) is 0 Å². The first-order valence-electron chi connectivity index (χ1n) is 10.9. The molecule has 0 aliphatic carbocycles. The summed E-state index contributed by atoms with van der Waals surface area (Å²) < 4.78 is 23.2. The summed E-state index contributed by atoms with van der Waals surface area (Å²) in [6.45, 7) is 4.06. The van der Waals surface area contributed by atoms with Crippen LogP contribution in [-0.2, 0) is 0 Å². The maximum atomic E-state index is 13.5. The van der Waals surface area contributed by atoms with Crippen molar-refractivity contribution < 1.29 is 9.13 Å². The number of fused-ring (bicyclic) bond motifs is 1. The second-order valence-electron chi connectivity index (χ2n) is 7.99. The second kappa shape index (κ2) is 8.50. The van der Waals surface area contributed by atoms with Crippen LogP contribution in [-0.4, -0.2) is 31.4 Å². The molecule has 1 aromatic heterocycles. The number of aryl methyl sites for hydroxylation is 1. The maximum Gasteiger partial charge on any atom is 0.165 e. The fraction of sp³-hybridized carbons (Fsp3) is 0.192. The van der Waals surface area contributed by atoms with E-state index in [-0.39, 0.29) is 11.9 Å². The van der Waals surface area contributed by atoms with Crippen molar-refractivity contribution in [1.29, 1.82) is 0 Å². The van der Waals surface area contributed by atoms with Crippen LogP contribution in [0.2, 0.25) is 0 Å². The zero-order chi connectivity index (χ0) is 22.9. The Balaban J connectivity index is 1.54. The summed E-state index contributed by atoms with van der Waals surface area (Å²) >= 11 is 0. The molecule has 2 aromatic carbocycles. The van der Waals surface area contributed by atoms with Crippen molar-refractivity contribution in [3.8, 4) is 34.1 Å². The van der Waals surface area contributed by atoms with Crippen LogP contribution in [0.4, 0.5) is 4.39 Å². The molecule has 0 radical (unpaired) electrons. The van der Waals surface area contributed by atoms with Gasteiger partial charge in [-0.05, 0) is 55.3 Å². The lowest BCUT2D eigenvalue weighted by atomic mass is 10.0. The molecule has 6 nitrogen and oxygen atoms in total. The van der Waals surface area contributed by atoms with Gasteiger partial charge in [-0.15, -0.1) is 10.2 Å². The van der Waals surface area contributed by atoms with Gasteiger partial charge in [0.2, 0.25) is 0 Å². The summed E-state index contributed by atoms with van der Waals surface area (Å²) in [5.41, 5.74) is 5.53. The highest BCUT2D eigenvalue weighted by Gasteiger charge is 2.23. The van der Waals surface area contributed by atoms with Crippen molar-refractivity contribution in [3.63, 3.8) is 0 Å². The summed E-state index contributed by atoms with van der Waals surface area (Å²) in [4.78, 5) is 4.31. The number of imidazole rings is 1. The van der Waals surface area contributed by atoms with E-state index >= 15 is 0 Å². The SMILES string of the molecule is CC[C@H](c1ccc(F)cc1)n1cccc2c(-c3ccc(-n4cnc(C)c4)c(OC)c3)nnc1-2. The highest BCUT2D eigenvalue weighted by Crippen LogP contribution is 2.37. The van der Waals surface area contributed by atoms with Gasteiger partial charge in [0.1, 0.15) is 17.3 Å². The van der Waals surface area contributed by atoms with Gasteiger partial charge in [-0.25, -0.2) is 9.37 Å². The number of methoxy groups -OCH3 is 1. The molecule has 2 aliphatic heterocycles. The van der Waals surface area contributed by atoms with Crippen molar-refractivity contribution in [2.45, 2.75) is 26.3 Å². The second-order valence-corrected chi connectivity index (χ2v) is 7.99. The monoisotopic (exact) mass is 441 g/mol. The predicted octanol–water partition coefficient (Wildman–Crippen LogP) is 5.69. The van der Waals surface area contributed by atoms with Crippen molar-refractivity contribution >= 4 is 0 Å². The number of hydrogen-bond donors (Lipinski definition) is 0. The molecule has 0 bridgehead atoms. The fourth-order valence-electron chi connectivity index (χ4n) is 4.29. The highest BCUT2D eigenvalue weighted by molar-refractivity contribution is 5.80. The van der Waals surface area contributed by atoms with Crippen LogP contribution < -0.4 is 4.74 Å². The third-order valence-corrected chi connectivity index (χ3v) is 5.92. The molecule has 0 saturated heterocycles. The Morgan fingerprint density at radius 1 is 1.06 bits per heavy atom. The van der Waals surface area contributed by atoms with Crippen molar-refractivity contribution in [2.75, 3.05) is 7.11 Å². The molecule has 3 aromatic rings. The molecule has 0 unspecified atom stereocenters. The van der Waals surface area contributed by atoms with Crippen LogP contribution in [0.15, 0.2) is 73.3 Å². The number of nitrogens with zero attached hydrogens (tertiary/aromatic N) is 5. The number of aromatic nitrogens is 5. The van der Waals surface area contributed by atoms with Crippen molar-refractivity contribution in [2.24, 2.45) is 0 Å². The molecule has 0 amide bonds. The van der Waals surface area contributed by atoms with Crippen LogP contribution in [0.3, 0.4) is 0 Å². The topological polar surface area (TPSA) is 57.8 Å². The molecule has 1 atom stereocenters. The summed E-state index contributed by atoms with van der Waals surface area (Å²) in [5.74, 6) is 1.27. The van der Waals surface area contributed by atoms with Gasteiger partial charge in [-0.2, -0.15) is 0 Å². The molecule has 166 valence electrons. The van der Waals surface area contributed by atoms with Gasteiger partial charge in [-0.1, -0.05) is 25.1 Å². The average molecular weight is 442 g/mol. The first-order valence-corrected chi connectivity index (χ1v) is 10.9. The van der Waals surface area contributed by atoms with Crippen LogP contribution in [0, 0.1) is 12.7 Å². The molecule has 2 aliphatic rings. The first kappa shape index (κ1) is 20.9. The van der Waals surface area contributed by atoms with Crippen LogP contribution >= 0.6 is 0 Å². The Labute approximate surface area is 191 Å². The molecular formula is C26H24FN5O. The van der Waals surface area contributed by atoms with Gasteiger partial charge >= 0.3 is 0 Å². The fourth-order valence-corrected chi connectivity index (χ4v) is 4.29. The molecule has 0 spiro atoms. The van der Waals surface area contributed by atoms with Crippen molar-refractivity contribution in [1.82, 2.24) is 24.3 Å². The summed E-state index contributed by atoms with van der Waals surface area (Å²) in [6, 6.07) is 16.7. The van der Waals surface area contributed by atoms with E-state index in [0.717, 1.165) is 51.8 Å². The molecule has 5 rings (SSSR count). The average Bonchev–Trinajstić information content (AvgIpc) is 3.47. The normalized spacial score (nSPS) is 12.2. The number of rotatable bonds is 6. The van der Waals surface area contributed by atoms with E-state index < -0.39 is 0 Å². The summed E-state index contributed by atoms with van der Waals surface area (Å²) in [5, 5.41) is 9.06. The lowest BCUT2D eigenvalue weighted by Crippen LogP contribution is -2.12. The molecule has 0 N–H and O–H groups in total. The summed E-state index contributed by atoms with van der Waals surface area (Å²) in [6.07, 6.45) is 6.57. The standard InChI is InChI=1S/C26H24FN5O/c1-4-22(18-7-10-20(27)11-8-18)32-13-5-6-21-25(29-30-26(21)32)19-9-12-23(24(14-19)33-3)31-15-17(2)28-16-31/h5-16,22H,4H2,1-3H3/t22-/m1/s1. The van der Waals surface area contributed by atoms with Gasteiger partial charge in [0.15, 0.2) is 5.82 Å². The quantitative estimate of drug-likeness (QED) is 0.340. The molecule has 3 heterocycles. The third-order valence-electron chi connectivity index (χ3n) is 5.92. The Kier molecular flexibility index (Phi) is 5.38. The Bertz CT molecular complexity index is 1370. The van der Waals surface area contributed by atoms with Crippen LogP contribution in [0.1, 0.15) is 30.6 Å². The number of ether oxygens (including phenoxy) is 1. The maximum absolute atomic E-state index is 13.5. The van der Waals surface area contributed by atoms with Gasteiger partial charge in [0, 0.05) is 23.5 Å². The van der Waals surface area contributed by atoms with Crippen molar-refractivity contribution in [3.05, 3.63) is 90.4 Å². The van der Waals surface area contributed by atoms with E-state index in [1.165, 1.54) is 12.1 Å². The number of halogens is 1. The molecule has 7 heteroatoms. The van der Waals surface area contributed by atoms with E-state index in [2.05, 4.69) is 26.7 Å². The van der Waals surface area contributed by atoms with E-state index in [9.17, 15) is 4.39 Å². The minimum absolute atomic E-state index is 0.0280. The highest BCUT2D eigenvalue weighted by atomic mass is 19.1. The molecule has 0 saturated carbocycles. The summed E-state index contributed by atoms with van der Waals surface area (Å²) in [7, 11) is 1.66. The largest absolute Gasteiger partial charge is 0.495 e. The van der Waals surface area contributed by atoms with Crippen LogP contribution in [0.25, 0.3) is 28.3 Å². The smallest absolute Gasteiger partial charge is 0.165 e. The van der Waals surface area contributed by atoms with Crippen LogP contribution in [0.5, 0.6) is 5.75 Å². The third kappa shape index (κ3) is 3.75. The minimum atomic E-state index is -0.240. The van der Waals surface area contributed by atoms with Gasteiger partial charge < -0.3 is 13.9 Å². The first-order chi connectivity index (χ1) is 16.1. The predicted molar refractivity (Wildman–Crippen MR) is 125 cm³/mol.